The molecule has 4 rings (SSSR count). The molecule has 0 radical (unpaired) electrons. The number of phenolic OH excluding ortho intramolecular Hbond substituents is 4. The normalized spacial score (nSPS) is 11.9. The summed E-state index contributed by atoms with van der Waals surface area (Å²) in [5, 5.41) is 42.7. The minimum absolute atomic E-state index is 0.236. The van der Waals surface area contributed by atoms with Crippen LogP contribution in [0.3, 0.4) is 0 Å². The molecule has 0 heterocycles. The molecule has 0 spiro atoms. The molecule has 0 aromatic heterocycles. The third-order valence-corrected chi connectivity index (χ3v) is 8.10. The maximum atomic E-state index is 10.7. The first-order valence-corrected chi connectivity index (χ1v) is 13.4. The van der Waals surface area contributed by atoms with Crippen LogP contribution in [0, 0.1) is 0 Å². The predicted octanol–water partition coefficient (Wildman–Crippen LogP) is 8.16. The van der Waals surface area contributed by atoms with E-state index in [0.29, 0.717) is 0 Å². The van der Waals surface area contributed by atoms with Gasteiger partial charge in [-0.05, 0) is 37.1 Å². The molecule has 4 aromatic carbocycles. The Hall–Kier alpha value is -3.92. The second-order valence-corrected chi connectivity index (χ2v) is 10.6. The van der Waals surface area contributed by atoms with Crippen molar-refractivity contribution in [2.24, 2.45) is 0 Å². The van der Waals surface area contributed by atoms with Gasteiger partial charge in [0.2, 0.25) is 0 Å². The van der Waals surface area contributed by atoms with Crippen LogP contribution in [0.2, 0.25) is 0 Å². The second kappa shape index (κ2) is 11.6. The molecule has 0 saturated heterocycles. The zero-order chi connectivity index (χ0) is 27.2. The van der Waals surface area contributed by atoms with Crippen molar-refractivity contribution in [2.75, 3.05) is 0 Å². The molecule has 0 bridgehead atoms. The largest absolute Gasteiger partial charge is 0.508 e. The first-order chi connectivity index (χ1) is 18.3. The summed E-state index contributed by atoms with van der Waals surface area (Å²) in [6.07, 6.45) is 5.35. The number of para-hydroxylation sites is 4. The van der Waals surface area contributed by atoms with E-state index in [4.69, 9.17) is 0 Å². The molecule has 4 N–H and O–H groups in total. The van der Waals surface area contributed by atoms with Gasteiger partial charge in [0.25, 0.3) is 0 Å². The number of rotatable bonds is 11. The fourth-order valence-corrected chi connectivity index (χ4v) is 5.90. The van der Waals surface area contributed by atoms with Gasteiger partial charge in [-0.15, -0.1) is 0 Å². The van der Waals surface area contributed by atoms with Crippen molar-refractivity contribution in [3.63, 3.8) is 0 Å². The van der Waals surface area contributed by atoms with E-state index in [9.17, 15) is 20.4 Å². The molecule has 0 saturated carbocycles. The van der Waals surface area contributed by atoms with Gasteiger partial charge in [0.05, 0.1) is 0 Å². The highest BCUT2D eigenvalue weighted by atomic mass is 16.3. The summed E-state index contributed by atoms with van der Waals surface area (Å²) in [4.78, 5) is 0. The number of unbranched alkanes of at least 4 members (excludes halogenated alkanes) is 3. The quantitative estimate of drug-likeness (QED) is 0.153. The van der Waals surface area contributed by atoms with E-state index >= 15 is 0 Å². The lowest BCUT2D eigenvalue weighted by molar-refractivity contribution is 0.391. The lowest BCUT2D eigenvalue weighted by Gasteiger charge is -2.33. The number of aromatic hydroxyl groups is 4. The Balaban J connectivity index is 1.47. The van der Waals surface area contributed by atoms with Gasteiger partial charge in [0.15, 0.2) is 0 Å². The SMILES string of the molecule is CC(CCCCCCC(C)(c1ccccc1O)c1ccccc1O)(c1ccccc1O)c1ccccc1O. The molecule has 0 atom stereocenters. The minimum atomic E-state index is -0.531. The topological polar surface area (TPSA) is 80.9 Å². The predicted molar refractivity (Wildman–Crippen MR) is 153 cm³/mol. The van der Waals surface area contributed by atoms with Gasteiger partial charge in [-0.1, -0.05) is 112 Å². The van der Waals surface area contributed by atoms with Gasteiger partial charge in [-0.3, -0.25) is 0 Å². The summed E-state index contributed by atoms with van der Waals surface area (Å²) < 4.78 is 0. The van der Waals surface area contributed by atoms with Gasteiger partial charge in [-0.2, -0.15) is 0 Å². The van der Waals surface area contributed by atoms with Crippen LogP contribution in [-0.2, 0) is 10.8 Å². The van der Waals surface area contributed by atoms with Crippen LogP contribution >= 0.6 is 0 Å². The van der Waals surface area contributed by atoms with Crippen molar-refractivity contribution in [3.8, 4) is 23.0 Å². The lowest BCUT2D eigenvalue weighted by Crippen LogP contribution is -2.24. The van der Waals surface area contributed by atoms with Crippen molar-refractivity contribution in [1.29, 1.82) is 0 Å². The Morgan fingerprint density at radius 3 is 0.868 bits per heavy atom. The van der Waals surface area contributed by atoms with Crippen molar-refractivity contribution in [1.82, 2.24) is 0 Å². The molecule has 0 aliphatic rings. The Bertz CT molecular complexity index is 1160. The van der Waals surface area contributed by atoms with Crippen molar-refractivity contribution < 1.29 is 20.4 Å². The van der Waals surface area contributed by atoms with Crippen LogP contribution in [0.4, 0.5) is 0 Å². The third-order valence-electron chi connectivity index (χ3n) is 8.10. The first kappa shape index (κ1) is 27.1. The number of hydrogen-bond acceptors (Lipinski definition) is 4. The summed E-state index contributed by atoms with van der Waals surface area (Å²) in [7, 11) is 0. The molecule has 4 nitrogen and oxygen atoms in total. The monoisotopic (exact) mass is 510 g/mol. The van der Waals surface area contributed by atoms with E-state index in [1.165, 1.54) is 0 Å². The number of phenols is 4. The van der Waals surface area contributed by atoms with Gasteiger partial charge in [-0.25, -0.2) is 0 Å². The molecule has 198 valence electrons. The van der Waals surface area contributed by atoms with E-state index in [2.05, 4.69) is 13.8 Å². The Morgan fingerprint density at radius 1 is 0.395 bits per heavy atom. The standard InChI is InChI=1S/C34H38O4/c1-33(25-15-5-9-19-29(25)35,26-16-6-10-20-30(26)36)23-13-3-4-14-24-34(2,27-17-7-11-21-31(27)37)28-18-8-12-22-32(28)38/h5-12,15-22,35-38H,3-4,13-14,23-24H2,1-2H3. The van der Waals surface area contributed by atoms with Gasteiger partial charge >= 0.3 is 0 Å². The highest BCUT2D eigenvalue weighted by Gasteiger charge is 2.34. The van der Waals surface area contributed by atoms with Crippen LogP contribution < -0.4 is 0 Å². The van der Waals surface area contributed by atoms with Crippen LogP contribution in [0.15, 0.2) is 97.1 Å². The average Bonchev–Trinajstić information content (AvgIpc) is 2.91. The van der Waals surface area contributed by atoms with Crippen molar-refractivity contribution >= 4 is 0 Å². The minimum Gasteiger partial charge on any atom is -0.508 e. The molecule has 0 unspecified atom stereocenters. The fraction of sp³-hybridized carbons (Fsp3) is 0.294. The average molecular weight is 511 g/mol. The van der Waals surface area contributed by atoms with Gasteiger partial charge < -0.3 is 20.4 Å². The maximum Gasteiger partial charge on any atom is 0.119 e. The molecule has 38 heavy (non-hydrogen) atoms. The fourth-order valence-electron chi connectivity index (χ4n) is 5.90. The third kappa shape index (κ3) is 5.50. The molecule has 0 fully saturated rings. The van der Waals surface area contributed by atoms with Crippen LogP contribution in [-0.4, -0.2) is 20.4 Å². The molecular weight excluding hydrogens is 472 g/mol. The molecule has 4 aromatic rings. The zero-order valence-corrected chi connectivity index (χ0v) is 22.3. The zero-order valence-electron chi connectivity index (χ0n) is 22.3. The van der Waals surface area contributed by atoms with E-state index in [-0.39, 0.29) is 23.0 Å². The Labute approximate surface area is 225 Å². The van der Waals surface area contributed by atoms with Crippen LogP contribution in [0.5, 0.6) is 23.0 Å². The van der Waals surface area contributed by atoms with E-state index in [1.54, 1.807) is 24.3 Å². The lowest BCUT2D eigenvalue weighted by atomic mass is 9.71. The summed E-state index contributed by atoms with van der Waals surface area (Å²) >= 11 is 0. The van der Waals surface area contributed by atoms with E-state index in [1.807, 2.05) is 72.8 Å². The maximum absolute atomic E-state index is 10.7. The summed E-state index contributed by atoms with van der Waals surface area (Å²) in [6, 6.07) is 29.5. The van der Waals surface area contributed by atoms with E-state index in [0.717, 1.165) is 60.8 Å². The summed E-state index contributed by atoms with van der Waals surface area (Å²) in [5.74, 6) is 0.942. The highest BCUT2D eigenvalue weighted by molar-refractivity contribution is 5.51. The van der Waals surface area contributed by atoms with Crippen molar-refractivity contribution in [3.05, 3.63) is 119 Å². The Kier molecular flexibility index (Phi) is 8.31. The molecule has 0 aliphatic heterocycles. The molecule has 4 heteroatoms. The summed E-state index contributed by atoms with van der Waals surface area (Å²) in [6.45, 7) is 4.18. The molecule has 0 aliphatic carbocycles. The summed E-state index contributed by atoms with van der Waals surface area (Å²) in [5.41, 5.74) is 2.19. The van der Waals surface area contributed by atoms with Gasteiger partial charge in [0, 0.05) is 33.1 Å². The second-order valence-electron chi connectivity index (χ2n) is 10.6. The van der Waals surface area contributed by atoms with Crippen molar-refractivity contribution in [2.45, 2.75) is 63.2 Å². The van der Waals surface area contributed by atoms with Crippen LogP contribution in [0.25, 0.3) is 0 Å². The van der Waals surface area contributed by atoms with Crippen LogP contribution in [0.1, 0.15) is 74.6 Å². The molecular formula is C34H38O4. The Morgan fingerprint density at radius 2 is 0.632 bits per heavy atom. The van der Waals surface area contributed by atoms with Gasteiger partial charge in [0.1, 0.15) is 23.0 Å². The first-order valence-electron chi connectivity index (χ1n) is 13.4. The highest BCUT2D eigenvalue weighted by Crippen LogP contribution is 2.46. The van der Waals surface area contributed by atoms with E-state index < -0.39 is 10.8 Å². The smallest absolute Gasteiger partial charge is 0.119 e. The number of benzene rings is 4. The number of hydrogen-bond donors (Lipinski definition) is 4. The molecule has 0 amide bonds.